The number of rotatable bonds is 7. The fraction of sp³-hybridized carbons (Fsp3) is 0.350. The molecule has 1 heterocycles. The molecule has 0 bridgehead atoms. The van der Waals surface area contributed by atoms with Crippen LogP contribution in [0.5, 0.6) is 17.2 Å². The predicted molar refractivity (Wildman–Crippen MR) is 113 cm³/mol. The van der Waals surface area contributed by atoms with Gasteiger partial charge in [0.05, 0.1) is 31.9 Å². The Balaban J connectivity index is 1.88. The zero-order chi connectivity index (χ0) is 21.9. The topological polar surface area (TPSA) is 94.2 Å². The molecular weight excluding hydrogens is 432 g/mol. The number of methoxy groups -OCH3 is 3. The number of benzene rings is 2. The lowest BCUT2D eigenvalue weighted by Gasteiger charge is -2.24. The normalized spacial score (nSPS) is 16.9. The first kappa shape index (κ1) is 22.2. The van der Waals surface area contributed by atoms with Gasteiger partial charge in [0.1, 0.15) is 11.8 Å². The highest BCUT2D eigenvalue weighted by Crippen LogP contribution is 2.34. The summed E-state index contributed by atoms with van der Waals surface area (Å²) in [6.45, 7) is 0.238. The molecule has 1 fully saturated rings. The Morgan fingerprint density at radius 3 is 2.37 bits per heavy atom. The second kappa shape index (κ2) is 9.11. The Morgan fingerprint density at radius 2 is 1.70 bits per heavy atom. The fourth-order valence-corrected chi connectivity index (χ4v) is 5.24. The third-order valence-corrected chi connectivity index (χ3v) is 7.03. The highest BCUT2D eigenvalue weighted by molar-refractivity contribution is 7.89. The van der Waals surface area contributed by atoms with Gasteiger partial charge in [0.15, 0.2) is 11.5 Å². The molecule has 10 heteroatoms. The smallest absolute Gasteiger partial charge is 0.243 e. The molecule has 0 spiro atoms. The number of amides is 1. The standard InChI is InChI=1S/C20H23ClN2O6S/c1-27-17-8-6-13(21)11-15(17)22-20(24)16-5-4-10-23(16)30(25,26)14-7-9-18(28-2)19(12-14)29-3/h6-9,11-12,16H,4-5,10H2,1-3H3,(H,22,24). The summed E-state index contributed by atoms with van der Waals surface area (Å²) in [5, 5.41) is 3.16. The number of nitrogens with one attached hydrogen (secondary N) is 1. The molecule has 1 aliphatic heterocycles. The van der Waals surface area contributed by atoms with Crippen molar-refractivity contribution in [3.8, 4) is 17.2 Å². The van der Waals surface area contributed by atoms with Crippen molar-refractivity contribution in [3.05, 3.63) is 41.4 Å². The first-order valence-electron chi connectivity index (χ1n) is 9.20. The highest BCUT2D eigenvalue weighted by atomic mass is 35.5. The van der Waals surface area contributed by atoms with E-state index in [2.05, 4.69) is 5.32 Å². The molecule has 1 unspecified atom stereocenters. The van der Waals surface area contributed by atoms with E-state index in [0.717, 1.165) is 0 Å². The number of hydrogen-bond acceptors (Lipinski definition) is 6. The zero-order valence-corrected chi connectivity index (χ0v) is 18.4. The Morgan fingerprint density at radius 1 is 1.03 bits per heavy atom. The lowest BCUT2D eigenvalue weighted by atomic mass is 10.2. The van der Waals surface area contributed by atoms with Gasteiger partial charge in [-0.2, -0.15) is 4.31 Å². The summed E-state index contributed by atoms with van der Waals surface area (Å²) >= 11 is 6.02. The van der Waals surface area contributed by atoms with Crippen molar-refractivity contribution in [1.82, 2.24) is 4.31 Å². The van der Waals surface area contributed by atoms with E-state index in [9.17, 15) is 13.2 Å². The van der Waals surface area contributed by atoms with Gasteiger partial charge in [0.25, 0.3) is 0 Å². The number of carbonyl (C=O) groups is 1. The van der Waals surface area contributed by atoms with Crippen molar-refractivity contribution in [1.29, 1.82) is 0 Å². The highest BCUT2D eigenvalue weighted by Gasteiger charge is 2.40. The van der Waals surface area contributed by atoms with Gasteiger partial charge in [0.2, 0.25) is 15.9 Å². The van der Waals surface area contributed by atoms with Gasteiger partial charge in [-0.1, -0.05) is 11.6 Å². The number of halogens is 1. The Kier molecular flexibility index (Phi) is 6.74. The van der Waals surface area contributed by atoms with Gasteiger partial charge >= 0.3 is 0 Å². The average molecular weight is 455 g/mol. The molecule has 0 radical (unpaired) electrons. The van der Waals surface area contributed by atoms with Crippen molar-refractivity contribution in [2.75, 3.05) is 33.2 Å². The fourth-order valence-electron chi connectivity index (χ4n) is 3.40. The summed E-state index contributed by atoms with van der Waals surface area (Å²) in [7, 11) is 0.446. The number of nitrogens with zero attached hydrogens (tertiary/aromatic N) is 1. The van der Waals surface area contributed by atoms with Crippen molar-refractivity contribution < 1.29 is 27.4 Å². The van der Waals surface area contributed by atoms with Crippen LogP contribution >= 0.6 is 11.6 Å². The first-order valence-corrected chi connectivity index (χ1v) is 11.0. The quantitative estimate of drug-likeness (QED) is 0.690. The number of hydrogen-bond donors (Lipinski definition) is 1. The average Bonchev–Trinajstić information content (AvgIpc) is 3.24. The molecule has 0 aliphatic carbocycles. The molecule has 1 aliphatic rings. The summed E-state index contributed by atoms with van der Waals surface area (Å²) in [6, 6.07) is 8.32. The Bertz CT molecular complexity index is 1040. The van der Waals surface area contributed by atoms with Crippen molar-refractivity contribution in [2.45, 2.75) is 23.8 Å². The Labute approximate surface area is 180 Å². The van der Waals surface area contributed by atoms with Gasteiger partial charge in [-0.15, -0.1) is 0 Å². The molecule has 2 aromatic rings. The van der Waals surface area contributed by atoms with Gasteiger partial charge < -0.3 is 19.5 Å². The molecular formula is C20H23ClN2O6S. The second-order valence-corrected chi connectivity index (χ2v) is 8.95. The van der Waals surface area contributed by atoms with E-state index >= 15 is 0 Å². The molecule has 162 valence electrons. The van der Waals surface area contributed by atoms with E-state index in [1.165, 1.54) is 43.8 Å². The second-order valence-electron chi connectivity index (χ2n) is 6.62. The molecule has 1 atom stereocenters. The molecule has 0 aromatic heterocycles. The van der Waals surface area contributed by atoms with Crippen LogP contribution in [0.2, 0.25) is 5.02 Å². The SMILES string of the molecule is COc1ccc(Cl)cc1NC(=O)C1CCCN1S(=O)(=O)c1ccc(OC)c(OC)c1. The number of anilines is 1. The van der Waals surface area contributed by atoms with Crippen LogP contribution in [0.4, 0.5) is 5.69 Å². The summed E-state index contributed by atoms with van der Waals surface area (Å²) in [6.07, 6.45) is 0.971. The van der Waals surface area contributed by atoms with Crippen LogP contribution in [0.15, 0.2) is 41.3 Å². The van der Waals surface area contributed by atoms with Gasteiger partial charge in [-0.05, 0) is 43.2 Å². The zero-order valence-electron chi connectivity index (χ0n) is 16.8. The maximum absolute atomic E-state index is 13.3. The van der Waals surface area contributed by atoms with Crippen molar-refractivity contribution in [3.63, 3.8) is 0 Å². The first-order chi connectivity index (χ1) is 14.3. The molecule has 1 saturated heterocycles. The van der Waals surface area contributed by atoms with E-state index < -0.39 is 22.0 Å². The summed E-state index contributed by atoms with van der Waals surface area (Å²) in [5.41, 5.74) is 0.380. The van der Waals surface area contributed by atoms with Crippen LogP contribution in [-0.4, -0.2) is 52.5 Å². The molecule has 2 aromatic carbocycles. The molecule has 8 nitrogen and oxygen atoms in total. The van der Waals surface area contributed by atoms with Crippen LogP contribution in [-0.2, 0) is 14.8 Å². The van der Waals surface area contributed by atoms with Crippen molar-refractivity contribution in [2.24, 2.45) is 0 Å². The van der Waals surface area contributed by atoms with Crippen LogP contribution in [0.3, 0.4) is 0 Å². The third kappa shape index (κ3) is 4.33. The lowest BCUT2D eigenvalue weighted by molar-refractivity contribution is -0.119. The van der Waals surface area contributed by atoms with Gasteiger partial charge in [-0.25, -0.2) is 8.42 Å². The number of ether oxygens (including phenoxy) is 3. The van der Waals surface area contributed by atoms with Crippen molar-refractivity contribution >= 4 is 33.2 Å². The molecule has 30 heavy (non-hydrogen) atoms. The summed E-state index contributed by atoms with van der Waals surface area (Å²) < 4.78 is 43.3. The minimum Gasteiger partial charge on any atom is -0.495 e. The van der Waals surface area contributed by atoms with E-state index in [1.807, 2.05) is 0 Å². The molecule has 1 N–H and O–H groups in total. The van der Waals surface area contributed by atoms with E-state index in [-0.39, 0.29) is 11.4 Å². The molecule has 3 rings (SSSR count). The van der Waals surface area contributed by atoms with E-state index in [1.54, 1.807) is 18.2 Å². The minimum absolute atomic E-state index is 0.0280. The Hall–Kier alpha value is -2.49. The van der Waals surface area contributed by atoms with Crippen LogP contribution in [0.25, 0.3) is 0 Å². The number of sulfonamides is 1. The largest absolute Gasteiger partial charge is 0.495 e. The molecule has 1 amide bonds. The van der Waals surface area contributed by atoms with Crippen LogP contribution in [0.1, 0.15) is 12.8 Å². The lowest BCUT2D eigenvalue weighted by Crippen LogP contribution is -2.43. The van der Waals surface area contributed by atoms with Crippen LogP contribution < -0.4 is 19.5 Å². The van der Waals surface area contributed by atoms with Gasteiger partial charge in [-0.3, -0.25) is 4.79 Å². The predicted octanol–water partition coefficient (Wildman–Crippen LogP) is 3.16. The van der Waals surface area contributed by atoms with Gasteiger partial charge in [0, 0.05) is 17.6 Å². The minimum atomic E-state index is -3.93. The van der Waals surface area contributed by atoms with E-state index in [0.29, 0.717) is 40.8 Å². The number of carbonyl (C=O) groups excluding carboxylic acids is 1. The third-order valence-electron chi connectivity index (χ3n) is 4.89. The monoisotopic (exact) mass is 454 g/mol. The molecule has 0 saturated carbocycles. The maximum atomic E-state index is 13.3. The maximum Gasteiger partial charge on any atom is 0.243 e. The van der Waals surface area contributed by atoms with E-state index in [4.69, 9.17) is 25.8 Å². The summed E-state index contributed by atoms with van der Waals surface area (Å²) in [5.74, 6) is 0.694. The van der Waals surface area contributed by atoms with Crippen LogP contribution in [0, 0.1) is 0 Å². The summed E-state index contributed by atoms with van der Waals surface area (Å²) in [4.78, 5) is 13.0.